The Labute approximate surface area is 81.8 Å². The Balaban J connectivity index is 1.81. The highest BCUT2D eigenvalue weighted by Crippen LogP contribution is 2.19. The quantitative estimate of drug-likeness (QED) is 0.744. The molecule has 1 aromatic heterocycles. The second-order valence-electron chi connectivity index (χ2n) is 3.54. The van der Waals surface area contributed by atoms with Crippen molar-refractivity contribution in [2.24, 2.45) is 0 Å². The van der Waals surface area contributed by atoms with Gasteiger partial charge in [0.15, 0.2) is 5.82 Å². The van der Waals surface area contributed by atoms with E-state index in [1.165, 1.54) is 19.1 Å². The zero-order valence-electron chi connectivity index (χ0n) is 7.99. The van der Waals surface area contributed by atoms with Crippen LogP contribution in [0.15, 0.2) is 16.9 Å². The number of amides is 1. The summed E-state index contributed by atoms with van der Waals surface area (Å²) in [6.45, 7) is 1.84. The van der Waals surface area contributed by atoms with Gasteiger partial charge in [-0.15, -0.1) is 0 Å². The first kappa shape index (κ1) is 9.21. The monoisotopic (exact) mass is 195 g/mol. The fourth-order valence-electron chi connectivity index (χ4n) is 1.19. The van der Waals surface area contributed by atoms with Crippen LogP contribution in [0.3, 0.4) is 0 Å². The fourth-order valence-corrected chi connectivity index (χ4v) is 1.19. The van der Waals surface area contributed by atoms with E-state index in [-0.39, 0.29) is 11.9 Å². The molecule has 0 radical (unpaired) electrons. The Hall–Kier alpha value is -1.36. The van der Waals surface area contributed by atoms with Gasteiger partial charge in [0.1, 0.15) is 6.26 Å². The van der Waals surface area contributed by atoms with E-state index in [1.807, 2.05) is 6.92 Å². The van der Waals surface area contributed by atoms with Crippen molar-refractivity contribution in [3.8, 4) is 0 Å². The van der Waals surface area contributed by atoms with Crippen LogP contribution < -0.4 is 10.6 Å². The van der Waals surface area contributed by atoms with Crippen LogP contribution in [-0.4, -0.2) is 23.1 Å². The van der Waals surface area contributed by atoms with E-state index < -0.39 is 0 Å². The molecule has 1 amide bonds. The molecule has 76 valence electrons. The van der Waals surface area contributed by atoms with Crippen LogP contribution >= 0.6 is 0 Å². The molecule has 0 aliphatic heterocycles. The highest BCUT2D eigenvalue weighted by Gasteiger charge is 2.25. The van der Waals surface area contributed by atoms with Crippen molar-refractivity contribution in [1.82, 2.24) is 10.5 Å². The van der Waals surface area contributed by atoms with Gasteiger partial charge in [0.2, 0.25) is 5.91 Å². The third kappa shape index (κ3) is 2.32. The zero-order chi connectivity index (χ0) is 9.97. The van der Waals surface area contributed by atoms with Gasteiger partial charge in [-0.2, -0.15) is 0 Å². The van der Waals surface area contributed by atoms with E-state index in [0.717, 1.165) is 0 Å². The number of nitrogens with zero attached hydrogens (tertiary/aromatic N) is 1. The summed E-state index contributed by atoms with van der Waals surface area (Å²) >= 11 is 0. The van der Waals surface area contributed by atoms with Gasteiger partial charge in [0.05, 0.1) is 6.04 Å². The minimum absolute atomic E-state index is 0.0780. The fraction of sp³-hybridized carbons (Fsp3) is 0.556. The molecule has 1 aliphatic carbocycles. The van der Waals surface area contributed by atoms with Crippen LogP contribution in [0.1, 0.15) is 19.8 Å². The Morgan fingerprint density at radius 2 is 2.50 bits per heavy atom. The number of hydrogen-bond donors (Lipinski definition) is 2. The average molecular weight is 195 g/mol. The summed E-state index contributed by atoms with van der Waals surface area (Å²) < 4.78 is 4.60. The first-order chi connectivity index (χ1) is 6.75. The number of hydrogen-bond acceptors (Lipinski definition) is 4. The molecule has 0 spiro atoms. The molecule has 1 aliphatic rings. The molecule has 1 aromatic rings. The maximum atomic E-state index is 11.5. The first-order valence-electron chi connectivity index (χ1n) is 4.73. The van der Waals surface area contributed by atoms with E-state index in [9.17, 15) is 4.79 Å². The predicted molar refractivity (Wildman–Crippen MR) is 50.8 cm³/mol. The normalized spacial score (nSPS) is 17.8. The number of anilines is 1. The lowest BCUT2D eigenvalue weighted by Gasteiger charge is -2.11. The van der Waals surface area contributed by atoms with Gasteiger partial charge in [0, 0.05) is 12.1 Å². The number of carbonyl (C=O) groups is 1. The molecular weight excluding hydrogens is 182 g/mol. The third-order valence-corrected chi connectivity index (χ3v) is 2.15. The van der Waals surface area contributed by atoms with E-state index in [0.29, 0.717) is 11.9 Å². The Bertz CT molecular complexity index is 306. The van der Waals surface area contributed by atoms with Crippen LogP contribution in [0.4, 0.5) is 5.82 Å². The Morgan fingerprint density at radius 1 is 1.71 bits per heavy atom. The Kier molecular flexibility index (Phi) is 2.49. The van der Waals surface area contributed by atoms with Gasteiger partial charge >= 0.3 is 0 Å². The van der Waals surface area contributed by atoms with Crippen LogP contribution in [-0.2, 0) is 4.79 Å². The number of nitrogens with one attached hydrogen (secondary N) is 2. The standard InChI is InChI=1S/C9H13N3O2/c1-6(10-7-2-3-7)9(13)11-8-4-5-14-12-8/h4-7,10H,2-3H2,1H3,(H,11,12,13). The molecule has 2 N–H and O–H groups in total. The molecule has 2 rings (SSSR count). The van der Waals surface area contributed by atoms with Crippen LogP contribution in [0, 0.1) is 0 Å². The molecule has 5 heteroatoms. The molecular formula is C9H13N3O2. The second-order valence-corrected chi connectivity index (χ2v) is 3.54. The van der Waals surface area contributed by atoms with Crippen molar-refractivity contribution in [2.75, 3.05) is 5.32 Å². The number of carbonyl (C=O) groups excluding carboxylic acids is 1. The van der Waals surface area contributed by atoms with Crippen molar-refractivity contribution in [3.63, 3.8) is 0 Å². The predicted octanol–water partition coefficient (Wildman–Crippen LogP) is 0.754. The molecule has 5 nitrogen and oxygen atoms in total. The lowest BCUT2D eigenvalue weighted by Crippen LogP contribution is -2.39. The SMILES string of the molecule is CC(NC1CC1)C(=O)Nc1ccon1. The third-order valence-electron chi connectivity index (χ3n) is 2.15. The molecule has 1 atom stereocenters. The maximum Gasteiger partial charge on any atom is 0.242 e. The first-order valence-corrected chi connectivity index (χ1v) is 4.73. The topological polar surface area (TPSA) is 67.2 Å². The zero-order valence-corrected chi connectivity index (χ0v) is 7.99. The van der Waals surface area contributed by atoms with Crippen molar-refractivity contribution in [2.45, 2.75) is 31.8 Å². The van der Waals surface area contributed by atoms with Crippen LogP contribution in [0.25, 0.3) is 0 Å². The van der Waals surface area contributed by atoms with E-state index >= 15 is 0 Å². The highest BCUT2D eigenvalue weighted by atomic mass is 16.5. The molecule has 1 unspecified atom stereocenters. The minimum Gasteiger partial charge on any atom is -0.363 e. The van der Waals surface area contributed by atoms with Crippen LogP contribution in [0.5, 0.6) is 0 Å². The molecule has 0 saturated heterocycles. The minimum atomic E-state index is -0.181. The number of rotatable bonds is 4. The van der Waals surface area contributed by atoms with Gasteiger partial charge in [-0.3, -0.25) is 4.79 Å². The highest BCUT2D eigenvalue weighted by molar-refractivity contribution is 5.93. The summed E-state index contributed by atoms with van der Waals surface area (Å²) in [5, 5.41) is 9.44. The lowest BCUT2D eigenvalue weighted by atomic mass is 10.3. The molecule has 1 heterocycles. The lowest BCUT2D eigenvalue weighted by molar-refractivity contribution is -0.117. The van der Waals surface area contributed by atoms with Gasteiger partial charge in [-0.05, 0) is 19.8 Å². The number of aromatic nitrogens is 1. The van der Waals surface area contributed by atoms with E-state index in [2.05, 4.69) is 20.3 Å². The van der Waals surface area contributed by atoms with Gasteiger partial charge in [-0.1, -0.05) is 5.16 Å². The van der Waals surface area contributed by atoms with Crippen molar-refractivity contribution in [1.29, 1.82) is 0 Å². The second kappa shape index (κ2) is 3.79. The largest absolute Gasteiger partial charge is 0.363 e. The van der Waals surface area contributed by atoms with E-state index in [4.69, 9.17) is 0 Å². The molecule has 1 saturated carbocycles. The molecule has 1 fully saturated rings. The van der Waals surface area contributed by atoms with Crippen molar-refractivity contribution >= 4 is 11.7 Å². The summed E-state index contributed by atoms with van der Waals surface area (Å²) in [7, 11) is 0. The average Bonchev–Trinajstić information content (AvgIpc) is 2.81. The van der Waals surface area contributed by atoms with Gasteiger partial charge in [-0.25, -0.2) is 0 Å². The summed E-state index contributed by atoms with van der Waals surface area (Å²) in [6, 6.07) is 1.95. The van der Waals surface area contributed by atoms with Crippen molar-refractivity contribution in [3.05, 3.63) is 12.3 Å². The summed E-state index contributed by atoms with van der Waals surface area (Å²) in [6.07, 6.45) is 3.76. The smallest absolute Gasteiger partial charge is 0.242 e. The Morgan fingerprint density at radius 3 is 3.07 bits per heavy atom. The van der Waals surface area contributed by atoms with Crippen molar-refractivity contribution < 1.29 is 9.32 Å². The summed E-state index contributed by atoms with van der Waals surface area (Å²) in [5.41, 5.74) is 0. The summed E-state index contributed by atoms with van der Waals surface area (Å²) in [4.78, 5) is 11.5. The van der Waals surface area contributed by atoms with Gasteiger partial charge in [0.25, 0.3) is 0 Å². The molecule has 0 aromatic carbocycles. The molecule has 14 heavy (non-hydrogen) atoms. The van der Waals surface area contributed by atoms with E-state index in [1.54, 1.807) is 6.07 Å². The van der Waals surface area contributed by atoms with Crippen LogP contribution in [0.2, 0.25) is 0 Å². The summed E-state index contributed by atoms with van der Waals surface area (Å²) in [5.74, 6) is 0.380. The molecule has 0 bridgehead atoms. The maximum absolute atomic E-state index is 11.5. The van der Waals surface area contributed by atoms with Gasteiger partial charge < -0.3 is 15.2 Å².